The Hall–Kier alpha value is -3.57. The maximum Gasteiger partial charge on any atom is 0.257 e. The maximum absolute atomic E-state index is 13.3. The van der Waals surface area contributed by atoms with Crippen molar-refractivity contribution in [3.63, 3.8) is 0 Å². The summed E-state index contributed by atoms with van der Waals surface area (Å²) in [4.78, 5) is 52.9. The highest BCUT2D eigenvalue weighted by molar-refractivity contribution is 7.89. The van der Waals surface area contributed by atoms with E-state index in [1.165, 1.54) is 24.0 Å². The molecule has 0 radical (unpaired) electrons. The molecular formula is C24H26N4O6S. The second-order valence-corrected chi connectivity index (χ2v) is 10.3. The van der Waals surface area contributed by atoms with Crippen LogP contribution in [0.5, 0.6) is 0 Å². The minimum absolute atomic E-state index is 0.0103. The average Bonchev–Trinajstić information content (AvgIpc) is 3.60. The molecule has 0 aromatic heterocycles. The Morgan fingerprint density at radius 1 is 1.06 bits per heavy atom. The maximum atomic E-state index is 13.3. The molecule has 0 spiro atoms. The normalized spacial score (nSPS) is 18.0. The summed E-state index contributed by atoms with van der Waals surface area (Å²) >= 11 is 0. The van der Waals surface area contributed by atoms with Gasteiger partial charge in [-0.1, -0.05) is 12.1 Å². The van der Waals surface area contributed by atoms with Gasteiger partial charge in [0.05, 0.1) is 17.0 Å². The SMILES string of the molecule is CC(=O)Nc1ccc(N2C(=O)CC(N(CCc3ccc(S(N)(=O)=O)cc3)C(=O)C3CC3)C2=O)cc1. The molecule has 4 amide bonds. The molecule has 1 saturated carbocycles. The Balaban J connectivity index is 1.51. The van der Waals surface area contributed by atoms with Gasteiger partial charge in [0, 0.05) is 25.1 Å². The second-order valence-electron chi connectivity index (χ2n) is 8.76. The minimum Gasteiger partial charge on any atom is -0.330 e. The van der Waals surface area contributed by atoms with Gasteiger partial charge in [-0.25, -0.2) is 18.5 Å². The van der Waals surface area contributed by atoms with Gasteiger partial charge in [0.25, 0.3) is 5.91 Å². The molecule has 1 atom stereocenters. The number of benzene rings is 2. The van der Waals surface area contributed by atoms with Crippen LogP contribution in [0.15, 0.2) is 53.4 Å². The molecule has 1 saturated heterocycles. The number of nitrogens with zero attached hydrogens (tertiary/aromatic N) is 2. The predicted molar refractivity (Wildman–Crippen MR) is 128 cm³/mol. The van der Waals surface area contributed by atoms with Gasteiger partial charge in [-0.05, 0) is 61.2 Å². The summed E-state index contributed by atoms with van der Waals surface area (Å²) in [5.74, 6) is -1.41. The lowest BCUT2D eigenvalue weighted by molar-refractivity contribution is -0.139. The van der Waals surface area contributed by atoms with Crippen molar-refractivity contribution in [2.75, 3.05) is 16.8 Å². The highest BCUT2D eigenvalue weighted by Crippen LogP contribution is 2.34. The lowest BCUT2D eigenvalue weighted by atomic mass is 10.1. The van der Waals surface area contributed by atoms with E-state index in [2.05, 4.69) is 5.32 Å². The van der Waals surface area contributed by atoms with Crippen LogP contribution in [0.4, 0.5) is 11.4 Å². The molecule has 2 aliphatic rings. The van der Waals surface area contributed by atoms with Crippen molar-refractivity contribution in [2.24, 2.45) is 11.1 Å². The molecule has 2 aromatic carbocycles. The standard InChI is InChI=1S/C24H26N4O6S/c1-15(29)26-18-6-8-19(9-7-18)28-22(30)14-21(24(28)32)27(23(31)17-4-5-17)13-12-16-2-10-20(11-3-16)35(25,33)34/h2-3,6-11,17,21H,4-5,12-14H2,1H3,(H,26,29)(H2,25,33,34). The van der Waals surface area contributed by atoms with Gasteiger partial charge >= 0.3 is 0 Å². The zero-order valence-electron chi connectivity index (χ0n) is 19.1. The number of anilines is 2. The van der Waals surface area contributed by atoms with E-state index in [1.807, 2.05) is 0 Å². The summed E-state index contributed by atoms with van der Waals surface area (Å²) in [6.45, 7) is 1.59. The van der Waals surface area contributed by atoms with Crippen molar-refractivity contribution in [2.45, 2.75) is 43.5 Å². The van der Waals surface area contributed by atoms with E-state index in [0.29, 0.717) is 17.8 Å². The van der Waals surface area contributed by atoms with Gasteiger partial charge in [-0.3, -0.25) is 19.2 Å². The lowest BCUT2D eigenvalue weighted by Crippen LogP contribution is -2.47. The Morgan fingerprint density at radius 2 is 1.69 bits per heavy atom. The monoisotopic (exact) mass is 498 g/mol. The zero-order valence-corrected chi connectivity index (χ0v) is 20.0. The summed E-state index contributed by atoms with van der Waals surface area (Å²) in [6, 6.07) is 11.5. The van der Waals surface area contributed by atoms with Crippen LogP contribution >= 0.6 is 0 Å². The Morgan fingerprint density at radius 3 is 2.23 bits per heavy atom. The van der Waals surface area contributed by atoms with E-state index < -0.39 is 27.9 Å². The first kappa shape index (κ1) is 24.6. The molecule has 1 aliphatic carbocycles. The van der Waals surface area contributed by atoms with Gasteiger partial charge in [0.1, 0.15) is 6.04 Å². The van der Waals surface area contributed by atoms with Crippen molar-refractivity contribution in [1.82, 2.24) is 4.90 Å². The number of carbonyl (C=O) groups is 4. The van der Waals surface area contributed by atoms with E-state index in [-0.39, 0.29) is 35.6 Å². The highest BCUT2D eigenvalue weighted by Gasteiger charge is 2.46. The number of primary sulfonamides is 1. The summed E-state index contributed by atoms with van der Waals surface area (Å²) in [5.41, 5.74) is 1.68. The van der Waals surface area contributed by atoms with Crippen LogP contribution in [0, 0.1) is 5.92 Å². The lowest BCUT2D eigenvalue weighted by Gasteiger charge is -2.28. The van der Waals surface area contributed by atoms with Crippen molar-refractivity contribution in [1.29, 1.82) is 0 Å². The van der Waals surface area contributed by atoms with Gasteiger partial charge in [-0.2, -0.15) is 0 Å². The number of imide groups is 1. The number of nitrogens with two attached hydrogens (primary N) is 1. The first-order valence-electron chi connectivity index (χ1n) is 11.2. The minimum atomic E-state index is -3.81. The molecule has 0 bridgehead atoms. The number of carbonyl (C=O) groups excluding carboxylic acids is 4. The smallest absolute Gasteiger partial charge is 0.257 e. The first-order valence-corrected chi connectivity index (χ1v) is 12.8. The molecule has 3 N–H and O–H groups in total. The fraction of sp³-hybridized carbons (Fsp3) is 0.333. The number of hydrogen-bond donors (Lipinski definition) is 2. The summed E-state index contributed by atoms with van der Waals surface area (Å²) in [6.07, 6.45) is 1.77. The number of sulfonamides is 1. The summed E-state index contributed by atoms with van der Waals surface area (Å²) in [7, 11) is -3.81. The highest BCUT2D eigenvalue weighted by atomic mass is 32.2. The van der Waals surface area contributed by atoms with Crippen molar-refractivity contribution in [3.8, 4) is 0 Å². The van der Waals surface area contributed by atoms with Gasteiger partial charge in [0.15, 0.2) is 0 Å². The fourth-order valence-corrected chi connectivity index (χ4v) is 4.62. The third-order valence-corrected chi connectivity index (χ3v) is 6.98. The van der Waals surface area contributed by atoms with Crippen LogP contribution in [-0.4, -0.2) is 49.5 Å². The van der Waals surface area contributed by atoms with Crippen LogP contribution < -0.4 is 15.4 Å². The summed E-state index contributed by atoms with van der Waals surface area (Å²) < 4.78 is 22.9. The average molecular weight is 499 g/mol. The van der Waals surface area contributed by atoms with Crippen molar-refractivity contribution in [3.05, 3.63) is 54.1 Å². The molecular weight excluding hydrogens is 472 g/mol. The third kappa shape index (κ3) is 5.57. The topological polar surface area (TPSA) is 147 Å². The van der Waals surface area contributed by atoms with Crippen molar-refractivity contribution >= 4 is 45.0 Å². The van der Waals surface area contributed by atoms with Gasteiger partial charge < -0.3 is 10.2 Å². The first-order chi connectivity index (χ1) is 16.5. The van der Waals surface area contributed by atoms with Gasteiger partial charge in [0.2, 0.25) is 27.7 Å². The predicted octanol–water partition coefficient (Wildman–Crippen LogP) is 1.41. The molecule has 2 fully saturated rings. The molecule has 1 aliphatic heterocycles. The van der Waals surface area contributed by atoms with Crippen LogP contribution in [0.25, 0.3) is 0 Å². The Kier molecular flexibility index (Phi) is 6.73. The molecule has 2 aromatic rings. The molecule has 35 heavy (non-hydrogen) atoms. The van der Waals surface area contributed by atoms with E-state index in [0.717, 1.165) is 23.3 Å². The third-order valence-electron chi connectivity index (χ3n) is 6.05. The summed E-state index contributed by atoms with van der Waals surface area (Å²) in [5, 5.41) is 7.77. The molecule has 184 valence electrons. The van der Waals surface area contributed by atoms with Crippen molar-refractivity contribution < 1.29 is 27.6 Å². The number of nitrogens with one attached hydrogen (secondary N) is 1. The van der Waals surface area contributed by atoms with Crippen LogP contribution in [0.2, 0.25) is 0 Å². The van der Waals surface area contributed by atoms with Crippen LogP contribution in [0.3, 0.4) is 0 Å². The fourth-order valence-electron chi connectivity index (χ4n) is 4.11. The molecule has 1 heterocycles. The number of rotatable bonds is 8. The largest absolute Gasteiger partial charge is 0.330 e. The van der Waals surface area contributed by atoms with E-state index in [9.17, 15) is 27.6 Å². The van der Waals surface area contributed by atoms with E-state index in [4.69, 9.17) is 5.14 Å². The molecule has 10 nitrogen and oxygen atoms in total. The van der Waals surface area contributed by atoms with Crippen LogP contribution in [-0.2, 0) is 35.6 Å². The second kappa shape index (κ2) is 9.59. The molecule has 4 rings (SSSR count). The van der Waals surface area contributed by atoms with Gasteiger partial charge in [-0.15, -0.1) is 0 Å². The zero-order chi connectivity index (χ0) is 25.3. The molecule has 1 unspecified atom stereocenters. The molecule has 11 heteroatoms. The quantitative estimate of drug-likeness (QED) is 0.526. The number of hydrogen-bond acceptors (Lipinski definition) is 6. The number of amides is 4. The van der Waals surface area contributed by atoms with E-state index >= 15 is 0 Å². The Labute approximate surface area is 203 Å². The Bertz CT molecular complexity index is 1270. The van der Waals surface area contributed by atoms with E-state index in [1.54, 1.807) is 36.4 Å². The van der Waals surface area contributed by atoms with Crippen LogP contribution in [0.1, 0.15) is 31.7 Å².